The molecular weight excluding hydrogens is 242 g/mol. The van der Waals surface area contributed by atoms with Gasteiger partial charge in [-0.15, -0.1) is 0 Å². The molecular formula is C14H25N3O2. The molecule has 2 N–H and O–H groups in total. The third kappa shape index (κ3) is 3.47. The molecule has 0 radical (unpaired) electrons. The Labute approximate surface area is 115 Å². The van der Waals surface area contributed by atoms with Gasteiger partial charge in [-0.3, -0.25) is 9.59 Å². The van der Waals surface area contributed by atoms with Crippen molar-refractivity contribution in [2.24, 2.45) is 11.8 Å². The van der Waals surface area contributed by atoms with Crippen molar-refractivity contribution in [3.63, 3.8) is 0 Å². The molecule has 2 unspecified atom stereocenters. The number of hydrogen-bond acceptors (Lipinski definition) is 3. The maximum absolute atomic E-state index is 12.4. The van der Waals surface area contributed by atoms with Crippen LogP contribution in [-0.4, -0.2) is 49.4 Å². The van der Waals surface area contributed by atoms with Crippen LogP contribution in [0.5, 0.6) is 0 Å². The first-order valence-electron chi connectivity index (χ1n) is 7.35. The molecule has 2 aliphatic rings. The van der Waals surface area contributed by atoms with Crippen molar-refractivity contribution in [2.75, 3.05) is 26.7 Å². The van der Waals surface area contributed by atoms with Gasteiger partial charge in [-0.25, -0.2) is 0 Å². The molecule has 0 saturated carbocycles. The Bertz CT molecular complexity index is 330. The summed E-state index contributed by atoms with van der Waals surface area (Å²) in [5.41, 5.74) is 0. The Hall–Kier alpha value is -1.10. The smallest absolute Gasteiger partial charge is 0.226 e. The van der Waals surface area contributed by atoms with E-state index in [0.29, 0.717) is 6.04 Å². The molecule has 5 heteroatoms. The van der Waals surface area contributed by atoms with E-state index in [9.17, 15) is 9.59 Å². The van der Waals surface area contributed by atoms with E-state index in [0.717, 1.165) is 45.3 Å². The minimum absolute atomic E-state index is 0.0820. The van der Waals surface area contributed by atoms with Crippen molar-refractivity contribution < 1.29 is 9.59 Å². The van der Waals surface area contributed by atoms with E-state index in [1.54, 1.807) is 7.05 Å². The zero-order chi connectivity index (χ0) is 13.8. The number of piperidine rings is 2. The first kappa shape index (κ1) is 14.3. The lowest BCUT2D eigenvalue weighted by Crippen LogP contribution is -2.49. The van der Waals surface area contributed by atoms with Gasteiger partial charge in [0.25, 0.3) is 0 Å². The monoisotopic (exact) mass is 267 g/mol. The molecule has 2 saturated heterocycles. The number of nitrogens with one attached hydrogen (secondary N) is 2. The van der Waals surface area contributed by atoms with E-state index in [1.807, 2.05) is 4.90 Å². The molecule has 2 rings (SSSR count). The predicted molar refractivity (Wildman–Crippen MR) is 73.6 cm³/mol. The highest BCUT2D eigenvalue weighted by Gasteiger charge is 2.31. The summed E-state index contributed by atoms with van der Waals surface area (Å²) in [6.45, 7) is 4.41. The standard InChI is InChI=1S/C14H25N3O2/c1-10-3-4-12(9-16-10)14(19)17-7-5-11(6-8-17)13(18)15-2/h10-12,16H,3-9H2,1-2H3,(H,15,18). The average Bonchev–Trinajstić information content (AvgIpc) is 2.46. The van der Waals surface area contributed by atoms with Crippen LogP contribution in [0.3, 0.4) is 0 Å². The molecule has 0 bridgehead atoms. The van der Waals surface area contributed by atoms with Gasteiger partial charge < -0.3 is 15.5 Å². The second-order valence-corrected chi connectivity index (χ2v) is 5.80. The summed E-state index contributed by atoms with van der Waals surface area (Å²) < 4.78 is 0. The molecule has 2 atom stereocenters. The van der Waals surface area contributed by atoms with Crippen molar-refractivity contribution in [2.45, 2.75) is 38.6 Å². The first-order valence-corrected chi connectivity index (χ1v) is 7.35. The predicted octanol–water partition coefficient (Wildman–Crippen LogP) is 0.359. The minimum Gasteiger partial charge on any atom is -0.359 e. The Kier molecular flexibility index (Phi) is 4.80. The van der Waals surface area contributed by atoms with Crippen LogP contribution in [0.2, 0.25) is 0 Å². The zero-order valence-corrected chi connectivity index (χ0v) is 11.9. The quantitative estimate of drug-likeness (QED) is 0.759. The number of hydrogen-bond donors (Lipinski definition) is 2. The Morgan fingerprint density at radius 3 is 2.32 bits per heavy atom. The summed E-state index contributed by atoms with van der Waals surface area (Å²) in [5.74, 6) is 0.598. The number of carbonyl (C=O) groups is 2. The van der Waals surface area contributed by atoms with Gasteiger partial charge in [-0.05, 0) is 32.6 Å². The summed E-state index contributed by atoms with van der Waals surface area (Å²) in [7, 11) is 1.68. The summed E-state index contributed by atoms with van der Waals surface area (Å²) in [5, 5.41) is 6.07. The second-order valence-electron chi connectivity index (χ2n) is 5.80. The number of nitrogens with zero attached hydrogens (tertiary/aromatic N) is 1. The van der Waals surface area contributed by atoms with Crippen molar-refractivity contribution in [1.82, 2.24) is 15.5 Å². The topological polar surface area (TPSA) is 61.4 Å². The molecule has 2 amide bonds. The van der Waals surface area contributed by atoms with Crippen molar-refractivity contribution in [1.29, 1.82) is 0 Å². The van der Waals surface area contributed by atoms with Crippen LogP contribution in [-0.2, 0) is 9.59 Å². The Morgan fingerprint density at radius 2 is 1.79 bits per heavy atom. The van der Waals surface area contributed by atoms with E-state index in [1.165, 1.54) is 0 Å². The molecule has 0 aromatic rings. The van der Waals surface area contributed by atoms with Crippen LogP contribution in [0.15, 0.2) is 0 Å². The molecule has 5 nitrogen and oxygen atoms in total. The van der Waals surface area contributed by atoms with Gasteiger partial charge in [0.1, 0.15) is 0 Å². The SMILES string of the molecule is CNC(=O)C1CCN(C(=O)C2CCC(C)NC2)CC1. The first-order chi connectivity index (χ1) is 9.11. The van der Waals surface area contributed by atoms with Crippen LogP contribution in [0.25, 0.3) is 0 Å². The van der Waals surface area contributed by atoms with Crippen molar-refractivity contribution in [3.8, 4) is 0 Å². The molecule has 19 heavy (non-hydrogen) atoms. The molecule has 0 aliphatic carbocycles. The van der Waals surface area contributed by atoms with Crippen LogP contribution in [0.4, 0.5) is 0 Å². The number of rotatable bonds is 2. The van der Waals surface area contributed by atoms with Crippen LogP contribution in [0, 0.1) is 11.8 Å². The van der Waals surface area contributed by atoms with Crippen LogP contribution in [0.1, 0.15) is 32.6 Å². The van der Waals surface area contributed by atoms with E-state index in [4.69, 9.17) is 0 Å². The number of carbonyl (C=O) groups excluding carboxylic acids is 2. The maximum atomic E-state index is 12.4. The molecule has 0 spiro atoms. The lowest BCUT2D eigenvalue weighted by atomic mass is 9.91. The van der Waals surface area contributed by atoms with E-state index >= 15 is 0 Å². The molecule has 0 aromatic carbocycles. The molecule has 2 heterocycles. The third-order valence-corrected chi connectivity index (χ3v) is 4.43. The van der Waals surface area contributed by atoms with Gasteiger partial charge in [0.05, 0.1) is 5.92 Å². The van der Waals surface area contributed by atoms with Crippen LogP contribution < -0.4 is 10.6 Å². The average molecular weight is 267 g/mol. The summed E-state index contributed by atoms with van der Waals surface area (Å²) >= 11 is 0. The summed E-state index contributed by atoms with van der Waals surface area (Å²) in [4.78, 5) is 25.9. The van der Waals surface area contributed by atoms with Crippen LogP contribution >= 0.6 is 0 Å². The highest BCUT2D eigenvalue weighted by molar-refractivity contribution is 5.81. The molecule has 0 aromatic heterocycles. The second kappa shape index (κ2) is 6.37. The molecule has 108 valence electrons. The van der Waals surface area contributed by atoms with Gasteiger partial charge in [-0.1, -0.05) is 0 Å². The highest BCUT2D eigenvalue weighted by Crippen LogP contribution is 2.22. The third-order valence-electron chi connectivity index (χ3n) is 4.43. The normalized spacial score (nSPS) is 29.1. The summed E-state index contributed by atoms with van der Waals surface area (Å²) in [6, 6.07) is 0.531. The zero-order valence-electron chi connectivity index (χ0n) is 11.9. The van der Waals surface area contributed by atoms with Gasteiger partial charge in [0, 0.05) is 38.6 Å². The number of amides is 2. The fourth-order valence-electron chi connectivity index (χ4n) is 3.03. The molecule has 2 aliphatic heterocycles. The number of likely N-dealkylation sites (tertiary alicyclic amines) is 1. The van der Waals surface area contributed by atoms with Gasteiger partial charge in [-0.2, -0.15) is 0 Å². The largest absolute Gasteiger partial charge is 0.359 e. The van der Waals surface area contributed by atoms with E-state index < -0.39 is 0 Å². The Morgan fingerprint density at radius 1 is 1.11 bits per heavy atom. The minimum atomic E-state index is 0.0820. The maximum Gasteiger partial charge on any atom is 0.226 e. The van der Waals surface area contributed by atoms with Crippen molar-refractivity contribution in [3.05, 3.63) is 0 Å². The van der Waals surface area contributed by atoms with E-state index in [-0.39, 0.29) is 23.7 Å². The highest BCUT2D eigenvalue weighted by atomic mass is 16.2. The van der Waals surface area contributed by atoms with Gasteiger partial charge in [0.15, 0.2) is 0 Å². The fraction of sp³-hybridized carbons (Fsp3) is 0.857. The van der Waals surface area contributed by atoms with Crippen molar-refractivity contribution >= 4 is 11.8 Å². The van der Waals surface area contributed by atoms with Gasteiger partial charge in [0.2, 0.25) is 11.8 Å². The molecule has 2 fully saturated rings. The summed E-state index contributed by atoms with van der Waals surface area (Å²) in [6.07, 6.45) is 3.65. The van der Waals surface area contributed by atoms with E-state index in [2.05, 4.69) is 17.6 Å². The van der Waals surface area contributed by atoms with Gasteiger partial charge >= 0.3 is 0 Å². The fourth-order valence-corrected chi connectivity index (χ4v) is 3.03. The lowest BCUT2D eigenvalue weighted by Gasteiger charge is -2.35. The lowest BCUT2D eigenvalue weighted by molar-refractivity contribution is -0.139. The Balaban J connectivity index is 1.81.